The lowest BCUT2D eigenvalue weighted by Crippen LogP contribution is -2.24. The van der Waals surface area contributed by atoms with Crippen LogP contribution in [-0.2, 0) is 7.05 Å². The summed E-state index contributed by atoms with van der Waals surface area (Å²) in [5.74, 6) is 0.811. The number of rotatable bonds is 3. The fourth-order valence-electron chi connectivity index (χ4n) is 2.89. The van der Waals surface area contributed by atoms with Gasteiger partial charge in [-0.15, -0.1) is 15.0 Å². The van der Waals surface area contributed by atoms with Crippen molar-refractivity contribution in [2.75, 3.05) is 0 Å². The maximum atomic E-state index is 5.45. The molecular formula is C17H15N7S. The Bertz CT molecular complexity index is 1090. The Morgan fingerprint density at radius 2 is 1.76 bits per heavy atom. The van der Waals surface area contributed by atoms with Crippen LogP contribution in [0.1, 0.15) is 5.56 Å². The summed E-state index contributed by atoms with van der Waals surface area (Å²) in [4.78, 5) is 1.63. The van der Waals surface area contributed by atoms with Crippen molar-refractivity contribution in [2.24, 2.45) is 17.9 Å². The number of nitrogens with zero attached hydrogens (tertiary/aromatic N) is 5. The van der Waals surface area contributed by atoms with Gasteiger partial charge in [-0.05, 0) is 30.4 Å². The van der Waals surface area contributed by atoms with E-state index in [2.05, 4.69) is 20.7 Å². The number of hydrazone groups is 1. The number of fused-ring (bicyclic) bond motifs is 2. The molecule has 3 N–H and O–H groups in total. The Kier molecular flexibility index (Phi) is 3.66. The lowest BCUT2D eigenvalue weighted by molar-refractivity contribution is 0.706. The van der Waals surface area contributed by atoms with E-state index in [1.54, 1.807) is 11.0 Å². The van der Waals surface area contributed by atoms with E-state index in [9.17, 15) is 0 Å². The Morgan fingerprint density at radius 3 is 2.44 bits per heavy atom. The molecule has 124 valence electrons. The number of para-hydroxylation sites is 1. The summed E-state index contributed by atoms with van der Waals surface area (Å²) in [5, 5.41) is 14.5. The normalized spacial score (nSPS) is 11.6. The maximum Gasteiger partial charge on any atom is 0.184 e. The molecule has 0 saturated heterocycles. The third kappa shape index (κ3) is 2.62. The van der Waals surface area contributed by atoms with Crippen molar-refractivity contribution in [2.45, 2.75) is 0 Å². The minimum Gasteiger partial charge on any atom is -0.375 e. The number of nitrogens with two attached hydrogens (primary N) is 1. The van der Waals surface area contributed by atoms with Crippen LogP contribution in [0.3, 0.4) is 0 Å². The number of benzene rings is 2. The van der Waals surface area contributed by atoms with Gasteiger partial charge in [0.25, 0.3) is 0 Å². The zero-order valence-electron chi connectivity index (χ0n) is 13.4. The fourth-order valence-corrected chi connectivity index (χ4v) is 2.95. The first-order valence-corrected chi connectivity index (χ1v) is 8.04. The average molecular weight is 349 g/mol. The van der Waals surface area contributed by atoms with Gasteiger partial charge in [-0.25, -0.2) is 0 Å². The van der Waals surface area contributed by atoms with Gasteiger partial charge >= 0.3 is 0 Å². The van der Waals surface area contributed by atoms with Crippen LogP contribution >= 0.6 is 12.2 Å². The SMILES string of the molecule is Cn1c(-n2nc3ccccc3n2)c(/C=N/NC(N)=S)c2ccccc21. The molecule has 7 nitrogen and oxygen atoms in total. The van der Waals surface area contributed by atoms with Gasteiger partial charge in [0.05, 0.1) is 11.7 Å². The van der Waals surface area contributed by atoms with Gasteiger partial charge in [0, 0.05) is 18.0 Å². The molecule has 0 aliphatic rings. The van der Waals surface area contributed by atoms with Crippen molar-refractivity contribution in [1.29, 1.82) is 0 Å². The van der Waals surface area contributed by atoms with Crippen molar-refractivity contribution < 1.29 is 0 Å². The molecule has 0 spiro atoms. The van der Waals surface area contributed by atoms with Gasteiger partial charge < -0.3 is 10.3 Å². The number of aromatic nitrogens is 4. The minimum absolute atomic E-state index is 0.112. The van der Waals surface area contributed by atoms with Crippen LogP contribution in [0.2, 0.25) is 0 Å². The number of hydrogen-bond acceptors (Lipinski definition) is 4. The predicted molar refractivity (Wildman–Crippen MR) is 103 cm³/mol. The summed E-state index contributed by atoms with van der Waals surface area (Å²) in [6.07, 6.45) is 1.69. The van der Waals surface area contributed by atoms with Crippen molar-refractivity contribution >= 4 is 45.5 Å². The standard InChI is InChI=1S/C17H15N7S/c1-23-15-9-5-2-6-11(15)12(10-19-20-17(18)25)16(23)24-21-13-7-3-4-8-14(13)22-24/h2-10H,1H3,(H3,18,20,25)/b19-10+. The maximum absolute atomic E-state index is 5.45. The van der Waals surface area contributed by atoms with Gasteiger partial charge in [-0.3, -0.25) is 5.43 Å². The average Bonchev–Trinajstić information content (AvgIpc) is 3.14. The molecule has 0 fully saturated rings. The largest absolute Gasteiger partial charge is 0.375 e. The topological polar surface area (TPSA) is 86.0 Å². The van der Waals surface area contributed by atoms with Crippen LogP contribution in [0.5, 0.6) is 0 Å². The molecule has 2 heterocycles. The van der Waals surface area contributed by atoms with E-state index < -0.39 is 0 Å². The van der Waals surface area contributed by atoms with E-state index in [1.165, 1.54) is 0 Å². The van der Waals surface area contributed by atoms with Crippen molar-refractivity contribution in [3.63, 3.8) is 0 Å². The van der Waals surface area contributed by atoms with Crippen LogP contribution in [-0.4, -0.2) is 30.9 Å². The first-order valence-electron chi connectivity index (χ1n) is 7.63. The summed E-state index contributed by atoms with van der Waals surface area (Å²) in [5.41, 5.74) is 11.6. The highest BCUT2D eigenvalue weighted by molar-refractivity contribution is 7.80. The number of thiocarbonyl (C=S) groups is 1. The summed E-state index contributed by atoms with van der Waals surface area (Å²) in [7, 11) is 1.98. The first-order chi connectivity index (χ1) is 12.1. The van der Waals surface area contributed by atoms with Crippen molar-refractivity contribution in [3.05, 3.63) is 54.1 Å². The Hall–Kier alpha value is -3.26. The van der Waals surface area contributed by atoms with Crippen molar-refractivity contribution in [3.8, 4) is 5.82 Å². The highest BCUT2D eigenvalue weighted by Crippen LogP contribution is 2.26. The monoisotopic (exact) mass is 349 g/mol. The molecule has 8 heteroatoms. The Labute approximate surface area is 148 Å². The molecule has 4 rings (SSSR count). The van der Waals surface area contributed by atoms with Gasteiger partial charge in [0.2, 0.25) is 0 Å². The van der Waals surface area contributed by atoms with Crippen LogP contribution in [0.25, 0.3) is 27.8 Å². The molecule has 0 aliphatic carbocycles. The third-order valence-electron chi connectivity index (χ3n) is 3.96. The number of aryl methyl sites for hydroxylation is 1. The first kappa shape index (κ1) is 15.3. The molecular weight excluding hydrogens is 334 g/mol. The minimum atomic E-state index is 0.112. The number of hydrogen-bond donors (Lipinski definition) is 2. The van der Waals surface area contributed by atoms with Crippen LogP contribution < -0.4 is 11.2 Å². The van der Waals surface area contributed by atoms with E-state index in [0.29, 0.717) is 0 Å². The smallest absolute Gasteiger partial charge is 0.184 e. The second kappa shape index (κ2) is 5.99. The molecule has 25 heavy (non-hydrogen) atoms. The molecule has 4 aromatic rings. The molecule has 2 aromatic carbocycles. The van der Waals surface area contributed by atoms with Crippen LogP contribution in [0, 0.1) is 0 Å². The molecule has 0 saturated carbocycles. The fraction of sp³-hybridized carbons (Fsp3) is 0.0588. The van der Waals surface area contributed by atoms with E-state index in [1.807, 2.05) is 60.1 Å². The van der Waals surface area contributed by atoms with Gasteiger partial charge in [-0.1, -0.05) is 30.3 Å². The zero-order valence-corrected chi connectivity index (χ0v) is 14.2. The second-order valence-corrected chi connectivity index (χ2v) is 5.97. The van der Waals surface area contributed by atoms with E-state index >= 15 is 0 Å². The molecule has 0 aliphatic heterocycles. The van der Waals surface area contributed by atoms with Gasteiger partial charge in [0.1, 0.15) is 11.0 Å². The van der Waals surface area contributed by atoms with Crippen LogP contribution in [0.4, 0.5) is 0 Å². The molecule has 0 bridgehead atoms. The summed E-state index contributed by atoms with van der Waals surface area (Å²) in [6.45, 7) is 0. The summed E-state index contributed by atoms with van der Waals surface area (Å²) in [6, 6.07) is 15.8. The molecule has 0 atom stereocenters. The summed E-state index contributed by atoms with van der Waals surface area (Å²) < 4.78 is 2.04. The van der Waals surface area contributed by atoms with Crippen LogP contribution in [0.15, 0.2) is 53.6 Å². The van der Waals surface area contributed by atoms with E-state index in [4.69, 9.17) is 18.0 Å². The molecule has 0 amide bonds. The zero-order chi connectivity index (χ0) is 17.4. The highest BCUT2D eigenvalue weighted by atomic mass is 32.1. The van der Waals surface area contributed by atoms with Gasteiger partial charge in [-0.2, -0.15) is 5.10 Å². The number of nitrogens with one attached hydrogen (secondary N) is 1. The predicted octanol–water partition coefficient (Wildman–Crippen LogP) is 2.08. The third-order valence-corrected chi connectivity index (χ3v) is 4.05. The molecule has 2 aromatic heterocycles. The van der Waals surface area contributed by atoms with E-state index in [0.717, 1.165) is 33.3 Å². The lowest BCUT2D eigenvalue weighted by Gasteiger charge is -2.03. The lowest BCUT2D eigenvalue weighted by atomic mass is 10.2. The Morgan fingerprint density at radius 1 is 1.12 bits per heavy atom. The quantitative estimate of drug-likeness (QED) is 0.336. The highest BCUT2D eigenvalue weighted by Gasteiger charge is 2.17. The van der Waals surface area contributed by atoms with Gasteiger partial charge in [0.15, 0.2) is 10.9 Å². The molecule has 0 radical (unpaired) electrons. The second-order valence-electron chi connectivity index (χ2n) is 5.53. The van der Waals surface area contributed by atoms with Crippen molar-refractivity contribution in [1.82, 2.24) is 25.0 Å². The van der Waals surface area contributed by atoms with E-state index in [-0.39, 0.29) is 5.11 Å². The Balaban J connectivity index is 1.96. The molecule has 0 unspecified atom stereocenters. The summed E-state index contributed by atoms with van der Waals surface area (Å²) >= 11 is 4.80.